The van der Waals surface area contributed by atoms with Crippen molar-refractivity contribution in [3.05, 3.63) is 69.6 Å². The number of aromatic nitrogens is 3. The fourth-order valence-electron chi connectivity index (χ4n) is 4.54. The molecule has 1 atom stereocenters. The number of benzene rings is 2. The van der Waals surface area contributed by atoms with Crippen molar-refractivity contribution in [2.24, 2.45) is 0 Å². The van der Waals surface area contributed by atoms with Crippen LogP contribution in [0.2, 0.25) is 10.0 Å². The van der Waals surface area contributed by atoms with Crippen LogP contribution in [0, 0.1) is 5.82 Å². The summed E-state index contributed by atoms with van der Waals surface area (Å²) in [6.45, 7) is 6.21. The molecule has 2 aromatic heterocycles. The summed E-state index contributed by atoms with van der Waals surface area (Å²) in [6.07, 6.45) is 0.820. The second kappa shape index (κ2) is 12.4. The number of hydrogen-bond donors (Lipinski definition) is 2. The molecule has 1 fully saturated rings. The predicted molar refractivity (Wildman–Crippen MR) is 151 cm³/mol. The molecule has 0 radical (unpaired) electrons. The number of nitrogens with zero attached hydrogens (tertiary/aromatic N) is 3. The van der Waals surface area contributed by atoms with E-state index < -0.39 is 11.9 Å². The minimum absolute atomic E-state index is 0.0973. The minimum atomic E-state index is -0.668. The van der Waals surface area contributed by atoms with Crippen molar-refractivity contribution in [3.63, 3.8) is 0 Å². The van der Waals surface area contributed by atoms with Gasteiger partial charge < -0.3 is 24.5 Å². The monoisotopic (exact) mass is 587 g/mol. The molecule has 3 heterocycles. The van der Waals surface area contributed by atoms with Crippen LogP contribution in [0.25, 0.3) is 22.4 Å². The van der Waals surface area contributed by atoms with Crippen LogP contribution in [0.3, 0.4) is 0 Å². The van der Waals surface area contributed by atoms with Crippen molar-refractivity contribution in [1.29, 1.82) is 0 Å². The number of fused-ring (bicyclic) bond motifs is 1. The summed E-state index contributed by atoms with van der Waals surface area (Å²) in [6, 6.07) is 9.62. The fraction of sp³-hybridized carbons (Fsp3) is 0.321. The number of hydrogen-bond acceptors (Lipinski definition) is 7. The van der Waals surface area contributed by atoms with Gasteiger partial charge >= 0.3 is 0 Å². The van der Waals surface area contributed by atoms with Gasteiger partial charge in [-0.25, -0.2) is 14.4 Å². The zero-order valence-corrected chi connectivity index (χ0v) is 23.5. The molecular weight excluding hydrogens is 560 g/mol. The summed E-state index contributed by atoms with van der Waals surface area (Å²) in [5.74, 6) is 0.425. The molecule has 1 aliphatic heterocycles. The first-order valence-corrected chi connectivity index (χ1v) is 13.5. The molecule has 0 unspecified atom stereocenters. The Kier molecular flexibility index (Phi) is 8.70. The first-order chi connectivity index (χ1) is 19.3. The number of ether oxygens (including phenoxy) is 3. The first kappa shape index (κ1) is 28.1. The summed E-state index contributed by atoms with van der Waals surface area (Å²) in [5, 5.41) is 3.17. The lowest BCUT2D eigenvalue weighted by atomic mass is 10.1. The van der Waals surface area contributed by atoms with Gasteiger partial charge in [0, 0.05) is 42.3 Å². The molecule has 2 N–H and O–H groups in total. The number of nitrogens with one attached hydrogen (secondary N) is 2. The molecule has 0 aliphatic carbocycles. The molecule has 0 saturated carbocycles. The Morgan fingerprint density at radius 2 is 2.02 bits per heavy atom. The number of halogens is 3. The van der Waals surface area contributed by atoms with Crippen LogP contribution in [-0.2, 0) is 4.74 Å². The molecule has 40 heavy (non-hydrogen) atoms. The van der Waals surface area contributed by atoms with Gasteiger partial charge in [-0.15, -0.1) is 0 Å². The van der Waals surface area contributed by atoms with Crippen molar-refractivity contribution in [2.75, 3.05) is 46.5 Å². The largest absolute Gasteiger partial charge is 0.484 e. The Balaban J connectivity index is 1.34. The topological polar surface area (TPSA) is 102 Å². The van der Waals surface area contributed by atoms with Crippen molar-refractivity contribution < 1.29 is 23.4 Å². The Morgan fingerprint density at radius 1 is 1.23 bits per heavy atom. The smallest absolute Gasteiger partial charge is 0.251 e. The Morgan fingerprint density at radius 3 is 2.80 bits per heavy atom. The quantitative estimate of drug-likeness (QED) is 0.257. The summed E-state index contributed by atoms with van der Waals surface area (Å²) in [4.78, 5) is 27.3. The van der Waals surface area contributed by atoms with E-state index in [9.17, 15) is 9.18 Å². The van der Waals surface area contributed by atoms with Crippen LogP contribution in [0.1, 0.15) is 28.9 Å². The highest BCUT2D eigenvalue weighted by Gasteiger charge is 2.21. The van der Waals surface area contributed by atoms with Gasteiger partial charge in [-0.1, -0.05) is 23.2 Å². The average molecular weight is 588 g/mol. The number of morpholine rings is 1. The molecule has 1 aliphatic rings. The zero-order valence-electron chi connectivity index (χ0n) is 22.0. The molecular formula is C28H28Cl2FN5O4. The second-order valence-electron chi connectivity index (χ2n) is 9.27. The number of imidazole rings is 1. The van der Waals surface area contributed by atoms with E-state index in [2.05, 4.69) is 25.2 Å². The number of pyridine rings is 1. The highest BCUT2D eigenvalue weighted by Crippen LogP contribution is 2.37. The summed E-state index contributed by atoms with van der Waals surface area (Å²) in [5.41, 5.74) is 2.73. The number of rotatable bonds is 9. The van der Waals surface area contributed by atoms with Crippen LogP contribution in [-0.4, -0.2) is 72.3 Å². The first-order valence-electron chi connectivity index (χ1n) is 12.8. The lowest BCUT2D eigenvalue weighted by Gasteiger charge is -2.26. The Labute approximate surface area is 240 Å². The van der Waals surface area contributed by atoms with E-state index in [0.717, 1.165) is 32.8 Å². The molecule has 1 saturated heterocycles. The molecule has 210 valence electrons. The zero-order chi connectivity index (χ0) is 28.2. The van der Waals surface area contributed by atoms with E-state index in [0.29, 0.717) is 56.7 Å². The molecule has 0 spiro atoms. The minimum Gasteiger partial charge on any atom is -0.484 e. The van der Waals surface area contributed by atoms with E-state index in [1.165, 1.54) is 25.4 Å². The van der Waals surface area contributed by atoms with E-state index in [1.54, 1.807) is 31.2 Å². The number of amides is 1. The summed E-state index contributed by atoms with van der Waals surface area (Å²) < 4.78 is 30.9. The van der Waals surface area contributed by atoms with Crippen LogP contribution < -0.4 is 14.8 Å². The molecule has 2 aromatic carbocycles. The van der Waals surface area contributed by atoms with Gasteiger partial charge in [-0.2, -0.15) is 0 Å². The van der Waals surface area contributed by atoms with E-state index in [1.807, 2.05) is 0 Å². The summed E-state index contributed by atoms with van der Waals surface area (Å²) in [7, 11) is 1.50. The van der Waals surface area contributed by atoms with Gasteiger partial charge in [-0.3, -0.25) is 9.69 Å². The van der Waals surface area contributed by atoms with E-state index in [4.69, 9.17) is 37.4 Å². The third-order valence-electron chi connectivity index (χ3n) is 6.63. The third-order valence-corrected chi connectivity index (χ3v) is 7.35. The van der Waals surface area contributed by atoms with Crippen LogP contribution >= 0.6 is 23.2 Å². The Hall–Kier alpha value is -3.44. The molecule has 4 aromatic rings. The molecule has 9 nitrogen and oxygen atoms in total. The highest BCUT2D eigenvalue weighted by atomic mass is 35.5. The van der Waals surface area contributed by atoms with Gasteiger partial charge in [0.15, 0.2) is 0 Å². The van der Waals surface area contributed by atoms with E-state index >= 15 is 0 Å². The molecule has 0 bridgehead atoms. The normalized spacial score (nSPS) is 14.7. The predicted octanol–water partition coefficient (Wildman–Crippen LogP) is 5.28. The summed E-state index contributed by atoms with van der Waals surface area (Å²) >= 11 is 12.4. The van der Waals surface area contributed by atoms with Crippen molar-refractivity contribution in [2.45, 2.75) is 13.0 Å². The average Bonchev–Trinajstić information content (AvgIpc) is 3.39. The molecule has 1 amide bonds. The lowest BCUT2D eigenvalue weighted by Crippen LogP contribution is -2.41. The SMILES string of the molecule is COc1ncc(O[C@H](C)c2c(Cl)ccc(F)c2Cl)cc1-c1nc2ccc(C(=O)NCCN3CCOCC3)cc2[nH]1. The third kappa shape index (κ3) is 6.15. The Bertz CT molecular complexity index is 1530. The van der Waals surface area contributed by atoms with E-state index in [-0.39, 0.29) is 10.9 Å². The number of methoxy groups -OCH3 is 1. The van der Waals surface area contributed by atoms with Gasteiger partial charge in [0.1, 0.15) is 23.5 Å². The number of carbonyl (C=O) groups is 1. The molecule has 12 heteroatoms. The van der Waals surface area contributed by atoms with Crippen molar-refractivity contribution in [1.82, 2.24) is 25.2 Å². The molecule has 5 rings (SSSR count). The van der Waals surface area contributed by atoms with Crippen LogP contribution in [0.5, 0.6) is 11.6 Å². The number of aromatic amines is 1. The maximum atomic E-state index is 14.0. The number of H-pyrrole nitrogens is 1. The maximum Gasteiger partial charge on any atom is 0.251 e. The second-order valence-corrected chi connectivity index (χ2v) is 10.1. The van der Waals surface area contributed by atoms with Gasteiger partial charge in [0.25, 0.3) is 5.91 Å². The number of carbonyl (C=O) groups excluding carboxylic acids is 1. The standard InChI is InChI=1S/C28H28Cl2FN5O4/c1-16(24-20(29)4-5-21(31)25(24)30)40-18-14-19(28(38-2)33-15-18)26-34-22-6-3-17(13-23(22)35-26)27(37)32-7-8-36-9-11-39-12-10-36/h3-6,13-16H,7-12H2,1-2H3,(H,32,37)(H,34,35)/t16-/m1/s1. The van der Waals surface area contributed by atoms with Crippen molar-refractivity contribution in [3.8, 4) is 23.0 Å². The van der Waals surface area contributed by atoms with Crippen LogP contribution in [0.4, 0.5) is 4.39 Å². The van der Waals surface area contributed by atoms with Crippen molar-refractivity contribution >= 4 is 40.1 Å². The van der Waals surface area contributed by atoms with Gasteiger partial charge in [0.05, 0.1) is 48.1 Å². The highest BCUT2D eigenvalue weighted by molar-refractivity contribution is 6.36. The fourth-order valence-corrected chi connectivity index (χ4v) is 5.22. The van der Waals surface area contributed by atoms with Gasteiger partial charge in [0.2, 0.25) is 5.88 Å². The maximum absolute atomic E-state index is 14.0. The van der Waals surface area contributed by atoms with Gasteiger partial charge in [-0.05, 0) is 43.3 Å². The van der Waals surface area contributed by atoms with Crippen LogP contribution in [0.15, 0.2) is 42.6 Å². The lowest BCUT2D eigenvalue weighted by molar-refractivity contribution is 0.0383.